The van der Waals surface area contributed by atoms with Gasteiger partial charge in [0.1, 0.15) is 5.82 Å². The van der Waals surface area contributed by atoms with Crippen molar-refractivity contribution >= 4 is 17.5 Å². The molecule has 0 aliphatic rings. The number of nitrogens with zero attached hydrogens (tertiary/aromatic N) is 3. The van der Waals surface area contributed by atoms with Crippen LogP contribution >= 0.6 is 0 Å². The Morgan fingerprint density at radius 1 is 1.40 bits per heavy atom. The Kier molecular flexibility index (Phi) is 3.67. The molecule has 0 fully saturated rings. The first kappa shape index (κ1) is 13.6. The van der Waals surface area contributed by atoms with E-state index in [0.717, 1.165) is 11.3 Å². The van der Waals surface area contributed by atoms with Gasteiger partial charge in [-0.2, -0.15) is 5.26 Å². The number of carboxylic acids is 1. The van der Waals surface area contributed by atoms with Crippen LogP contribution in [0.25, 0.3) is 0 Å². The Morgan fingerprint density at radius 3 is 2.75 bits per heavy atom. The lowest BCUT2D eigenvalue weighted by atomic mass is 10.1. The highest BCUT2D eigenvalue weighted by molar-refractivity contribution is 5.88. The molecule has 0 saturated carbocycles. The molecule has 0 aliphatic carbocycles. The molecule has 1 aromatic carbocycles. The molecule has 0 saturated heterocycles. The molecule has 1 aromatic heterocycles. The molecule has 0 aliphatic heterocycles. The lowest BCUT2D eigenvalue weighted by Crippen LogP contribution is -2.13. The van der Waals surface area contributed by atoms with Gasteiger partial charge in [0.05, 0.1) is 17.2 Å². The van der Waals surface area contributed by atoms with Crippen molar-refractivity contribution in [1.82, 2.24) is 4.98 Å². The number of aromatic carboxylic acids is 1. The zero-order valence-corrected chi connectivity index (χ0v) is 11.2. The number of hydrogen-bond donors (Lipinski definition) is 1. The Hall–Kier alpha value is -2.87. The van der Waals surface area contributed by atoms with E-state index in [4.69, 9.17) is 10.4 Å². The summed E-state index contributed by atoms with van der Waals surface area (Å²) in [5, 5.41) is 17.9. The third kappa shape index (κ3) is 2.59. The van der Waals surface area contributed by atoms with E-state index in [1.807, 2.05) is 18.0 Å². The van der Waals surface area contributed by atoms with E-state index >= 15 is 0 Å². The van der Waals surface area contributed by atoms with Gasteiger partial charge in [-0.05, 0) is 36.8 Å². The topological polar surface area (TPSA) is 77.2 Å². The van der Waals surface area contributed by atoms with Crippen molar-refractivity contribution in [1.29, 1.82) is 5.26 Å². The van der Waals surface area contributed by atoms with Gasteiger partial charge >= 0.3 is 5.97 Å². The smallest absolute Gasteiger partial charge is 0.337 e. The first-order valence-corrected chi connectivity index (χ1v) is 5.96. The second-order valence-corrected chi connectivity index (χ2v) is 4.39. The van der Waals surface area contributed by atoms with Crippen molar-refractivity contribution in [3.8, 4) is 6.07 Å². The minimum Gasteiger partial charge on any atom is -0.478 e. The van der Waals surface area contributed by atoms with Crippen molar-refractivity contribution in [2.75, 3.05) is 11.9 Å². The summed E-state index contributed by atoms with van der Waals surface area (Å²) in [6.07, 6.45) is 1.33. The Labute approximate surface area is 116 Å². The number of pyridine rings is 1. The quantitative estimate of drug-likeness (QED) is 0.925. The van der Waals surface area contributed by atoms with Crippen molar-refractivity contribution in [3.63, 3.8) is 0 Å². The minimum absolute atomic E-state index is 0.158. The van der Waals surface area contributed by atoms with Gasteiger partial charge in [0.15, 0.2) is 0 Å². The predicted octanol–water partition coefficient (Wildman–Crippen LogP) is 2.73. The number of nitriles is 1. The summed E-state index contributed by atoms with van der Waals surface area (Å²) in [5.74, 6) is -0.341. The summed E-state index contributed by atoms with van der Waals surface area (Å²) in [4.78, 5) is 16.9. The van der Waals surface area contributed by atoms with Gasteiger partial charge in [-0.1, -0.05) is 6.07 Å². The van der Waals surface area contributed by atoms with Crippen molar-refractivity contribution < 1.29 is 9.90 Å². The van der Waals surface area contributed by atoms with E-state index in [1.54, 1.807) is 31.2 Å². The summed E-state index contributed by atoms with van der Waals surface area (Å²) < 4.78 is 0. The molecular formula is C15H13N3O2. The lowest BCUT2D eigenvalue weighted by molar-refractivity contribution is 0.0696. The van der Waals surface area contributed by atoms with Crippen molar-refractivity contribution in [3.05, 3.63) is 53.2 Å². The molecule has 1 N–H and O–H groups in total. The summed E-state index contributed by atoms with van der Waals surface area (Å²) in [7, 11) is 1.83. The van der Waals surface area contributed by atoms with Crippen LogP contribution in [0.1, 0.15) is 21.5 Å². The molecule has 0 radical (unpaired) electrons. The second kappa shape index (κ2) is 5.41. The number of hydrogen-bond acceptors (Lipinski definition) is 4. The van der Waals surface area contributed by atoms with Crippen LogP contribution in [0.2, 0.25) is 0 Å². The molecule has 0 amide bonds. The fourth-order valence-electron chi connectivity index (χ4n) is 1.94. The maximum Gasteiger partial charge on any atom is 0.337 e. The highest BCUT2D eigenvalue weighted by Crippen LogP contribution is 2.25. The van der Waals surface area contributed by atoms with E-state index in [-0.39, 0.29) is 5.56 Å². The molecule has 2 rings (SSSR count). The number of rotatable bonds is 3. The number of carbonyl (C=O) groups is 1. The van der Waals surface area contributed by atoms with Crippen LogP contribution in [0.15, 0.2) is 36.5 Å². The average Bonchev–Trinajstić information content (AvgIpc) is 2.46. The van der Waals surface area contributed by atoms with Crippen LogP contribution in [0.3, 0.4) is 0 Å². The van der Waals surface area contributed by atoms with Gasteiger partial charge in [0.25, 0.3) is 0 Å². The molecule has 5 heteroatoms. The van der Waals surface area contributed by atoms with Crippen LogP contribution in [0.4, 0.5) is 11.5 Å². The van der Waals surface area contributed by atoms with E-state index in [9.17, 15) is 4.79 Å². The number of anilines is 2. The first-order valence-electron chi connectivity index (χ1n) is 5.96. The van der Waals surface area contributed by atoms with Gasteiger partial charge in [-0.15, -0.1) is 0 Å². The molecule has 100 valence electrons. The fourth-order valence-corrected chi connectivity index (χ4v) is 1.94. The van der Waals surface area contributed by atoms with Gasteiger partial charge < -0.3 is 10.0 Å². The lowest BCUT2D eigenvalue weighted by Gasteiger charge is -2.20. The molecule has 20 heavy (non-hydrogen) atoms. The van der Waals surface area contributed by atoms with E-state index < -0.39 is 5.97 Å². The molecule has 0 spiro atoms. The van der Waals surface area contributed by atoms with E-state index in [0.29, 0.717) is 11.4 Å². The zero-order chi connectivity index (χ0) is 14.7. The van der Waals surface area contributed by atoms with Gasteiger partial charge in [-0.3, -0.25) is 0 Å². The number of aryl methyl sites for hydroxylation is 1. The normalized spacial score (nSPS) is 9.85. The number of benzene rings is 1. The van der Waals surface area contributed by atoms with E-state index in [2.05, 4.69) is 11.1 Å². The minimum atomic E-state index is -0.999. The van der Waals surface area contributed by atoms with E-state index in [1.165, 1.54) is 6.20 Å². The van der Waals surface area contributed by atoms with Crippen LogP contribution in [0.5, 0.6) is 0 Å². The van der Waals surface area contributed by atoms with Gasteiger partial charge in [0, 0.05) is 18.9 Å². The Balaban J connectivity index is 2.40. The summed E-state index contributed by atoms with van der Waals surface area (Å²) in [5.41, 5.74) is 2.30. The van der Waals surface area contributed by atoms with Crippen LogP contribution in [-0.4, -0.2) is 23.1 Å². The number of carboxylic acid groups (broad SMARTS) is 1. The standard InChI is InChI=1S/C15H13N3O2/c1-10-6-12(15(19)20)9-17-14(10)18(2)13-5-3-4-11(7-13)8-16/h3-7,9H,1-2H3,(H,19,20). The Bertz CT molecular complexity index is 705. The highest BCUT2D eigenvalue weighted by atomic mass is 16.4. The molecule has 0 atom stereocenters. The number of aromatic nitrogens is 1. The summed E-state index contributed by atoms with van der Waals surface area (Å²) in [6.45, 7) is 1.80. The summed E-state index contributed by atoms with van der Waals surface area (Å²) >= 11 is 0. The second-order valence-electron chi connectivity index (χ2n) is 4.39. The molecule has 0 bridgehead atoms. The molecule has 2 aromatic rings. The predicted molar refractivity (Wildman–Crippen MR) is 75.2 cm³/mol. The molecular weight excluding hydrogens is 254 g/mol. The molecule has 0 unspecified atom stereocenters. The molecule has 5 nitrogen and oxygen atoms in total. The van der Waals surface area contributed by atoms with Crippen LogP contribution < -0.4 is 4.90 Å². The third-order valence-electron chi connectivity index (χ3n) is 2.98. The monoisotopic (exact) mass is 267 g/mol. The SMILES string of the molecule is Cc1cc(C(=O)O)cnc1N(C)c1cccc(C#N)c1. The maximum atomic E-state index is 10.9. The molecule has 1 heterocycles. The largest absolute Gasteiger partial charge is 0.478 e. The van der Waals surface area contributed by atoms with Crippen LogP contribution in [-0.2, 0) is 0 Å². The highest BCUT2D eigenvalue weighted by Gasteiger charge is 2.12. The average molecular weight is 267 g/mol. The van der Waals surface area contributed by atoms with Crippen LogP contribution in [0, 0.1) is 18.3 Å². The van der Waals surface area contributed by atoms with Crippen molar-refractivity contribution in [2.45, 2.75) is 6.92 Å². The summed E-state index contributed by atoms with van der Waals surface area (Å²) in [6, 6.07) is 10.8. The third-order valence-corrected chi connectivity index (χ3v) is 2.98. The fraction of sp³-hybridized carbons (Fsp3) is 0.133. The van der Waals surface area contributed by atoms with Crippen molar-refractivity contribution in [2.24, 2.45) is 0 Å². The first-order chi connectivity index (χ1) is 9.52. The van der Waals surface area contributed by atoms with Gasteiger partial charge in [-0.25, -0.2) is 9.78 Å². The maximum absolute atomic E-state index is 10.9. The van der Waals surface area contributed by atoms with Gasteiger partial charge in [0.2, 0.25) is 0 Å². The Morgan fingerprint density at radius 2 is 2.15 bits per heavy atom. The zero-order valence-electron chi connectivity index (χ0n) is 11.2.